The number of hydrogen-bond acceptors (Lipinski definition) is 3. The van der Waals surface area contributed by atoms with Crippen LogP contribution in [0, 0.1) is 0 Å². The lowest BCUT2D eigenvalue weighted by Crippen LogP contribution is -2.50. The summed E-state index contributed by atoms with van der Waals surface area (Å²) in [5.41, 5.74) is 0.687. The Kier molecular flexibility index (Phi) is 5.13. The van der Waals surface area contributed by atoms with Crippen molar-refractivity contribution in [2.75, 3.05) is 26.2 Å². The van der Waals surface area contributed by atoms with Crippen LogP contribution >= 0.6 is 27.3 Å². The van der Waals surface area contributed by atoms with Crippen LogP contribution in [-0.2, 0) is 11.2 Å². The van der Waals surface area contributed by atoms with E-state index in [4.69, 9.17) is 0 Å². The van der Waals surface area contributed by atoms with Crippen LogP contribution in [0.3, 0.4) is 0 Å². The molecule has 1 fully saturated rings. The van der Waals surface area contributed by atoms with E-state index >= 15 is 0 Å². The molecule has 3 rings (SSSR count). The quantitative estimate of drug-likeness (QED) is 0.805. The molecule has 1 aromatic heterocycles. The Bertz CT molecular complexity index is 677. The summed E-state index contributed by atoms with van der Waals surface area (Å²) >= 11 is 4.97. The van der Waals surface area contributed by atoms with Gasteiger partial charge < -0.3 is 9.80 Å². The van der Waals surface area contributed by atoms with Crippen molar-refractivity contribution >= 4 is 39.1 Å². The van der Waals surface area contributed by atoms with Gasteiger partial charge in [0.1, 0.15) is 0 Å². The van der Waals surface area contributed by atoms with Gasteiger partial charge in [-0.2, -0.15) is 0 Å². The molecule has 1 saturated heterocycles. The van der Waals surface area contributed by atoms with E-state index in [1.807, 2.05) is 51.6 Å². The van der Waals surface area contributed by atoms with Gasteiger partial charge >= 0.3 is 0 Å². The molecule has 4 nitrogen and oxygen atoms in total. The molecule has 2 amide bonds. The van der Waals surface area contributed by atoms with Crippen LogP contribution in [0.1, 0.15) is 15.2 Å². The maximum absolute atomic E-state index is 12.5. The number of benzene rings is 1. The summed E-state index contributed by atoms with van der Waals surface area (Å²) in [4.78, 5) is 29.5. The summed E-state index contributed by atoms with van der Waals surface area (Å²) in [6, 6.07) is 11.3. The highest BCUT2D eigenvalue weighted by molar-refractivity contribution is 9.10. The molecular weight excluding hydrogens is 376 g/mol. The Labute approximate surface area is 147 Å². The van der Waals surface area contributed by atoms with Gasteiger partial charge in [-0.05, 0) is 35.7 Å². The first kappa shape index (κ1) is 16.2. The topological polar surface area (TPSA) is 40.6 Å². The van der Waals surface area contributed by atoms with Gasteiger partial charge in [0.2, 0.25) is 5.91 Å². The minimum Gasteiger partial charge on any atom is -0.339 e. The molecule has 1 aliphatic heterocycles. The van der Waals surface area contributed by atoms with Crippen molar-refractivity contribution in [3.63, 3.8) is 0 Å². The van der Waals surface area contributed by atoms with E-state index in [0.29, 0.717) is 38.2 Å². The first-order valence-corrected chi connectivity index (χ1v) is 9.16. The second-order valence-corrected chi connectivity index (χ2v) is 7.38. The van der Waals surface area contributed by atoms with Gasteiger partial charge in [0.25, 0.3) is 5.91 Å². The van der Waals surface area contributed by atoms with Crippen molar-refractivity contribution in [1.82, 2.24) is 9.80 Å². The molecule has 23 heavy (non-hydrogen) atoms. The number of carbonyl (C=O) groups is 2. The highest BCUT2D eigenvalue weighted by Gasteiger charge is 2.24. The number of piperazine rings is 1. The van der Waals surface area contributed by atoms with Crippen LogP contribution in [0.4, 0.5) is 0 Å². The highest BCUT2D eigenvalue weighted by atomic mass is 79.9. The van der Waals surface area contributed by atoms with E-state index in [1.54, 1.807) is 11.3 Å². The van der Waals surface area contributed by atoms with E-state index in [0.717, 1.165) is 9.35 Å². The van der Waals surface area contributed by atoms with Crippen molar-refractivity contribution in [3.8, 4) is 0 Å². The van der Waals surface area contributed by atoms with Crippen LogP contribution in [0.2, 0.25) is 0 Å². The standard InChI is InChI=1S/C17H17BrN2O2S/c18-14-5-3-13(4-6-14)17(22)20-9-7-19(8-10-20)16(21)12-15-2-1-11-23-15/h1-6,11H,7-10,12H2. The van der Waals surface area contributed by atoms with Crippen molar-refractivity contribution in [2.45, 2.75) is 6.42 Å². The third-order valence-electron chi connectivity index (χ3n) is 3.92. The zero-order valence-electron chi connectivity index (χ0n) is 12.6. The number of halogens is 1. The number of amides is 2. The molecule has 0 bridgehead atoms. The number of hydrogen-bond donors (Lipinski definition) is 0. The summed E-state index contributed by atoms with van der Waals surface area (Å²) in [6.07, 6.45) is 0.457. The SMILES string of the molecule is O=C(Cc1cccs1)N1CCN(C(=O)c2ccc(Br)cc2)CC1. The predicted molar refractivity (Wildman–Crippen MR) is 94.6 cm³/mol. The Hall–Kier alpha value is -1.66. The minimum atomic E-state index is 0.0304. The number of nitrogens with zero attached hydrogens (tertiary/aromatic N) is 2. The van der Waals surface area contributed by atoms with Crippen LogP contribution in [0.15, 0.2) is 46.3 Å². The number of rotatable bonds is 3. The molecule has 0 unspecified atom stereocenters. The molecule has 1 aromatic carbocycles. The molecule has 2 aromatic rings. The highest BCUT2D eigenvalue weighted by Crippen LogP contribution is 2.15. The fraction of sp³-hybridized carbons (Fsp3) is 0.294. The van der Waals surface area contributed by atoms with Crippen LogP contribution in [-0.4, -0.2) is 47.8 Å². The lowest BCUT2D eigenvalue weighted by atomic mass is 10.2. The van der Waals surface area contributed by atoms with Crippen molar-refractivity contribution in [1.29, 1.82) is 0 Å². The zero-order valence-corrected chi connectivity index (χ0v) is 15.0. The monoisotopic (exact) mass is 392 g/mol. The minimum absolute atomic E-state index is 0.0304. The third kappa shape index (κ3) is 4.00. The summed E-state index contributed by atoms with van der Waals surface area (Å²) in [6.45, 7) is 2.38. The summed E-state index contributed by atoms with van der Waals surface area (Å²) in [7, 11) is 0. The Morgan fingerprint density at radius 2 is 1.65 bits per heavy atom. The lowest BCUT2D eigenvalue weighted by molar-refractivity contribution is -0.131. The molecule has 0 saturated carbocycles. The largest absolute Gasteiger partial charge is 0.339 e. The summed E-state index contributed by atoms with van der Waals surface area (Å²) < 4.78 is 0.957. The molecule has 0 radical (unpaired) electrons. The maximum Gasteiger partial charge on any atom is 0.253 e. The van der Waals surface area contributed by atoms with Gasteiger partial charge in [0.15, 0.2) is 0 Å². The van der Waals surface area contributed by atoms with E-state index in [2.05, 4.69) is 15.9 Å². The first-order chi connectivity index (χ1) is 11.1. The van der Waals surface area contributed by atoms with Gasteiger partial charge in [-0.15, -0.1) is 11.3 Å². The second kappa shape index (κ2) is 7.27. The lowest BCUT2D eigenvalue weighted by Gasteiger charge is -2.34. The number of thiophene rings is 1. The smallest absolute Gasteiger partial charge is 0.253 e. The molecule has 2 heterocycles. The predicted octanol–water partition coefficient (Wildman–Crippen LogP) is 3.04. The third-order valence-corrected chi connectivity index (χ3v) is 5.32. The molecule has 1 aliphatic rings. The van der Waals surface area contributed by atoms with Gasteiger partial charge in [0, 0.05) is 41.1 Å². The van der Waals surface area contributed by atoms with Crippen molar-refractivity contribution in [2.24, 2.45) is 0 Å². The average Bonchev–Trinajstić information content (AvgIpc) is 3.08. The van der Waals surface area contributed by atoms with Crippen LogP contribution in [0.5, 0.6) is 0 Å². The molecule has 0 N–H and O–H groups in total. The molecule has 0 aliphatic carbocycles. The molecule has 0 atom stereocenters. The van der Waals surface area contributed by atoms with Gasteiger partial charge in [-0.25, -0.2) is 0 Å². The normalized spacial score (nSPS) is 14.8. The fourth-order valence-electron chi connectivity index (χ4n) is 2.61. The second-order valence-electron chi connectivity index (χ2n) is 5.44. The van der Waals surface area contributed by atoms with Crippen LogP contribution in [0.25, 0.3) is 0 Å². The van der Waals surface area contributed by atoms with Gasteiger partial charge in [-0.1, -0.05) is 22.0 Å². The summed E-state index contributed by atoms with van der Waals surface area (Å²) in [5.74, 6) is 0.172. The van der Waals surface area contributed by atoms with E-state index in [9.17, 15) is 9.59 Å². The summed E-state index contributed by atoms with van der Waals surface area (Å²) in [5, 5.41) is 1.98. The molecule has 120 valence electrons. The fourth-order valence-corrected chi connectivity index (χ4v) is 3.57. The zero-order chi connectivity index (χ0) is 16.2. The van der Waals surface area contributed by atoms with Crippen molar-refractivity contribution in [3.05, 3.63) is 56.7 Å². The van der Waals surface area contributed by atoms with Crippen molar-refractivity contribution < 1.29 is 9.59 Å². The van der Waals surface area contributed by atoms with Crippen LogP contribution < -0.4 is 0 Å². The van der Waals surface area contributed by atoms with Gasteiger partial charge in [0.05, 0.1) is 6.42 Å². The van der Waals surface area contributed by atoms with E-state index in [1.165, 1.54) is 0 Å². The van der Waals surface area contributed by atoms with E-state index in [-0.39, 0.29) is 11.8 Å². The molecular formula is C17H17BrN2O2S. The van der Waals surface area contributed by atoms with Gasteiger partial charge in [-0.3, -0.25) is 9.59 Å². The average molecular weight is 393 g/mol. The first-order valence-electron chi connectivity index (χ1n) is 7.48. The Morgan fingerprint density at radius 1 is 1.00 bits per heavy atom. The van der Waals surface area contributed by atoms with E-state index < -0.39 is 0 Å². The number of carbonyl (C=O) groups excluding carboxylic acids is 2. The maximum atomic E-state index is 12.5. The Morgan fingerprint density at radius 3 is 2.26 bits per heavy atom. The molecule has 0 spiro atoms. The molecule has 6 heteroatoms. The Balaban J connectivity index is 1.54.